The fourth-order valence-electron chi connectivity index (χ4n) is 1.57. The molecule has 0 heterocycles. The van der Waals surface area contributed by atoms with E-state index in [0.717, 1.165) is 5.69 Å². The van der Waals surface area contributed by atoms with Crippen molar-refractivity contribution in [2.75, 3.05) is 5.73 Å². The number of nitrogens with two attached hydrogens (primary N) is 1. The van der Waals surface area contributed by atoms with E-state index < -0.39 is 8.80 Å². The van der Waals surface area contributed by atoms with Gasteiger partial charge in [-0.2, -0.15) is 0 Å². The summed E-state index contributed by atoms with van der Waals surface area (Å²) in [6, 6.07) is 11.1. The molecule has 2 N–H and O–H groups in total. The Bertz CT molecular complexity index is 243. The number of nitrogen functional groups attached to an aromatic ring is 1. The lowest BCUT2D eigenvalue weighted by atomic mass is 10.3. The normalized spacial score (nSPS) is 10.6. The topological polar surface area (TPSA) is 26.0 Å². The highest BCUT2D eigenvalue weighted by Gasteiger charge is 2.07. The first-order valence-corrected chi connectivity index (χ1v) is 6.84. The second-order valence-electron chi connectivity index (χ2n) is 3.18. The van der Waals surface area contributed by atoms with Crippen LogP contribution < -0.4 is 10.9 Å². The van der Waals surface area contributed by atoms with Crippen molar-refractivity contribution in [3.05, 3.63) is 24.3 Å². The lowest BCUT2D eigenvalue weighted by Gasteiger charge is -2.10. The van der Waals surface area contributed by atoms with Crippen molar-refractivity contribution in [2.45, 2.75) is 25.9 Å². The van der Waals surface area contributed by atoms with E-state index in [0.29, 0.717) is 0 Å². The Labute approximate surface area is 76.2 Å². The molecule has 0 saturated carbocycles. The van der Waals surface area contributed by atoms with Gasteiger partial charge in [0.2, 0.25) is 0 Å². The number of benzene rings is 1. The number of rotatable bonds is 3. The molecule has 0 atom stereocenters. The first kappa shape index (κ1) is 9.33. The van der Waals surface area contributed by atoms with Crippen LogP contribution in [0.2, 0.25) is 12.1 Å². The zero-order valence-electron chi connectivity index (χ0n) is 7.88. The number of hydrogen-bond donors (Lipinski definition) is 1. The molecule has 0 bridgehead atoms. The highest BCUT2D eigenvalue weighted by atomic mass is 28.3. The van der Waals surface area contributed by atoms with Crippen LogP contribution >= 0.6 is 0 Å². The molecule has 0 saturated heterocycles. The summed E-state index contributed by atoms with van der Waals surface area (Å²) in [7, 11) is -0.658. The van der Waals surface area contributed by atoms with Crippen molar-refractivity contribution in [1.29, 1.82) is 0 Å². The Hall–Kier alpha value is -0.763. The third kappa shape index (κ3) is 2.11. The van der Waals surface area contributed by atoms with Crippen LogP contribution in [-0.4, -0.2) is 8.80 Å². The van der Waals surface area contributed by atoms with E-state index in [9.17, 15) is 0 Å². The molecule has 0 fully saturated rings. The molecule has 1 aromatic carbocycles. The van der Waals surface area contributed by atoms with Crippen molar-refractivity contribution in [2.24, 2.45) is 0 Å². The van der Waals surface area contributed by atoms with Crippen LogP contribution in [0.15, 0.2) is 24.3 Å². The average molecular weight is 179 g/mol. The molecule has 66 valence electrons. The summed E-state index contributed by atoms with van der Waals surface area (Å²) >= 11 is 0. The van der Waals surface area contributed by atoms with Crippen molar-refractivity contribution < 1.29 is 0 Å². The van der Waals surface area contributed by atoms with Gasteiger partial charge in [-0.25, -0.2) is 0 Å². The van der Waals surface area contributed by atoms with E-state index in [-0.39, 0.29) is 0 Å². The minimum atomic E-state index is -0.658. The maximum absolute atomic E-state index is 5.73. The molecule has 0 aliphatic rings. The zero-order chi connectivity index (χ0) is 8.97. The molecule has 0 spiro atoms. The third-order valence-corrected chi connectivity index (χ3v) is 5.64. The molecule has 0 aliphatic carbocycles. The molecular formula is C10H17NSi. The molecule has 0 amide bonds. The van der Waals surface area contributed by atoms with Gasteiger partial charge in [0.1, 0.15) is 0 Å². The van der Waals surface area contributed by atoms with E-state index in [1.54, 1.807) is 0 Å². The van der Waals surface area contributed by atoms with E-state index in [1.165, 1.54) is 17.3 Å². The largest absolute Gasteiger partial charge is 0.399 e. The molecule has 1 nitrogen and oxygen atoms in total. The van der Waals surface area contributed by atoms with Gasteiger partial charge in [-0.1, -0.05) is 43.3 Å². The Kier molecular flexibility index (Phi) is 3.35. The third-order valence-electron chi connectivity index (χ3n) is 2.37. The summed E-state index contributed by atoms with van der Waals surface area (Å²) in [5.41, 5.74) is 6.64. The van der Waals surface area contributed by atoms with Crippen LogP contribution in [0.25, 0.3) is 0 Å². The van der Waals surface area contributed by atoms with Gasteiger partial charge in [-0.15, -0.1) is 0 Å². The highest BCUT2D eigenvalue weighted by Crippen LogP contribution is 2.03. The Morgan fingerprint density at radius 1 is 1.25 bits per heavy atom. The van der Waals surface area contributed by atoms with Gasteiger partial charge < -0.3 is 5.73 Å². The van der Waals surface area contributed by atoms with Gasteiger partial charge in [-0.3, -0.25) is 0 Å². The minimum Gasteiger partial charge on any atom is -0.399 e. The first-order valence-electron chi connectivity index (χ1n) is 4.63. The van der Waals surface area contributed by atoms with Crippen molar-refractivity contribution in [1.82, 2.24) is 0 Å². The lowest BCUT2D eigenvalue weighted by molar-refractivity contribution is 1.33. The molecule has 1 rings (SSSR count). The molecule has 0 aromatic heterocycles. The molecule has 2 heteroatoms. The molecule has 12 heavy (non-hydrogen) atoms. The Morgan fingerprint density at radius 3 is 2.42 bits per heavy atom. The molecule has 0 unspecified atom stereocenters. The van der Waals surface area contributed by atoms with Crippen LogP contribution in [0.5, 0.6) is 0 Å². The van der Waals surface area contributed by atoms with Gasteiger partial charge in [0.05, 0.1) is 8.80 Å². The van der Waals surface area contributed by atoms with Crippen LogP contribution in [0.4, 0.5) is 5.69 Å². The van der Waals surface area contributed by atoms with E-state index in [1.807, 2.05) is 6.07 Å². The van der Waals surface area contributed by atoms with E-state index >= 15 is 0 Å². The van der Waals surface area contributed by atoms with Crippen molar-refractivity contribution in [3.63, 3.8) is 0 Å². The standard InChI is InChI=1S/C10H17NSi/c1-3-12(4-2)10-7-5-6-9(11)8-10/h5-8,12H,3-4,11H2,1-2H3. The van der Waals surface area contributed by atoms with Crippen molar-refractivity contribution >= 4 is 19.7 Å². The van der Waals surface area contributed by atoms with Gasteiger partial charge >= 0.3 is 0 Å². The van der Waals surface area contributed by atoms with Crippen LogP contribution in [0.3, 0.4) is 0 Å². The zero-order valence-corrected chi connectivity index (χ0v) is 9.03. The number of hydrogen-bond acceptors (Lipinski definition) is 1. The lowest BCUT2D eigenvalue weighted by Crippen LogP contribution is -2.28. The minimum absolute atomic E-state index is 0.658. The predicted octanol–water partition coefficient (Wildman–Crippen LogP) is 1.74. The predicted molar refractivity (Wildman–Crippen MR) is 58.6 cm³/mol. The Balaban J connectivity index is 2.85. The first-order chi connectivity index (χ1) is 5.77. The molecule has 0 radical (unpaired) electrons. The van der Waals surface area contributed by atoms with Crippen LogP contribution in [0, 0.1) is 0 Å². The molecule has 1 aromatic rings. The SMILES string of the molecule is CC[SiH](CC)c1cccc(N)c1. The average Bonchev–Trinajstić information content (AvgIpc) is 2.07. The maximum Gasteiger partial charge on any atom is 0.0703 e. The monoisotopic (exact) mass is 179 g/mol. The molecule has 0 aliphatic heterocycles. The summed E-state index contributed by atoms with van der Waals surface area (Å²) in [6.07, 6.45) is 0. The highest BCUT2D eigenvalue weighted by molar-refractivity contribution is 6.73. The summed E-state index contributed by atoms with van der Waals surface area (Å²) in [5.74, 6) is 0. The van der Waals surface area contributed by atoms with Crippen LogP contribution in [0.1, 0.15) is 13.8 Å². The van der Waals surface area contributed by atoms with Gasteiger partial charge in [0, 0.05) is 5.69 Å². The second kappa shape index (κ2) is 4.31. The van der Waals surface area contributed by atoms with Gasteiger partial charge in [-0.05, 0) is 12.1 Å². The van der Waals surface area contributed by atoms with E-state index in [4.69, 9.17) is 5.73 Å². The summed E-state index contributed by atoms with van der Waals surface area (Å²) in [4.78, 5) is 0. The van der Waals surface area contributed by atoms with E-state index in [2.05, 4.69) is 32.0 Å². The number of anilines is 1. The maximum atomic E-state index is 5.73. The quantitative estimate of drug-likeness (QED) is 0.555. The van der Waals surface area contributed by atoms with Crippen molar-refractivity contribution in [3.8, 4) is 0 Å². The van der Waals surface area contributed by atoms with Gasteiger partial charge in [0.15, 0.2) is 0 Å². The summed E-state index contributed by atoms with van der Waals surface area (Å²) < 4.78 is 0. The fourth-order valence-corrected chi connectivity index (χ4v) is 3.90. The van der Waals surface area contributed by atoms with Crippen LogP contribution in [-0.2, 0) is 0 Å². The van der Waals surface area contributed by atoms with Gasteiger partial charge in [0.25, 0.3) is 0 Å². The summed E-state index contributed by atoms with van der Waals surface area (Å²) in [5, 5.41) is 1.51. The Morgan fingerprint density at radius 2 is 1.92 bits per heavy atom. The summed E-state index contributed by atoms with van der Waals surface area (Å²) in [6.45, 7) is 4.56. The smallest absolute Gasteiger partial charge is 0.0703 e. The molecular weight excluding hydrogens is 162 g/mol. The fraction of sp³-hybridized carbons (Fsp3) is 0.400. The second-order valence-corrected chi connectivity index (χ2v) is 6.88.